The molecule has 25 nitrogen and oxygen atoms in total. The van der Waals surface area contributed by atoms with Gasteiger partial charge < -0.3 is 64.4 Å². The van der Waals surface area contributed by atoms with Crippen LogP contribution in [0.2, 0.25) is 0 Å². The van der Waals surface area contributed by atoms with Crippen molar-refractivity contribution in [2.45, 2.75) is 210 Å². The SMILES string of the molecule is CCO[C@@H]1C[C@H]2C(=O)N(C)C3(CCC3)C(=O)N(C)[C@@H](C3CCCC3)C(=O)N(C)[C@H](C(=O)N(C)C)CC(=O)N(C)[C@@H](CC(C)C)C(=O)N[C@@H]([C@@H](C)CC)C(=O)N(C)CC(=O)N(C)[C@H]3C/C=C\CCN(C3=O)[C@@H](Cc3ccc(C(F)(F)F)cc3)C(=O)N(C)CC(=O)N[C@@H](CCc3cc(F)c(C(F)(F)F)c(F)c3)C(=O)N2C1. The molecule has 0 unspecified atom stereocenters. The molecule has 5 aliphatic rings. The van der Waals surface area contributed by atoms with Crippen LogP contribution in [0, 0.1) is 29.4 Å². The fourth-order valence-corrected chi connectivity index (χ4v) is 15.4. The van der Waals surface area contributed by atoms with Crippen LogP contribution in [0.25, 0.3) is 0 Å². The smallest absolute Gasteiger partial charge is 0.377 e. The van der Waals surface area contributed by atoms with Crippen molar-refractivity contribution >= 4 is 70.9 Å². The number of benzene rings is 2. The number of aryl methyl sites for hydroxylation is 1. The number of rotatable bonds is 13. The lowest BCUT2D eigenvalue weighted by Crippen LogP contribution is -2.68. The first-order valence-electron chi connectivity index (χ1n) is 37.2. The summed E-state index contributed by atoms with van der Waals surface area (Å²) in [5.74, 6) is -15.2. The molecule has 2 N–H and O–H groups in total. The predicted molar refractivity (Wildman–Crippen MR) is 383 cm³/mol. The van der Waals surface area contributed by atoms with Crippen LogP contribution in [0.5, 0.6) is 0 Å². The third-order valence-corrected chi connectivity index (χ3v) is 22.3. The predicted octanol–water partition coefficient (Wildman–Crippen LogP) is 6.08. The molecule has 3 aliphatic heterocycles. The van der Waals surface area contributed by atoms with Crippen LogP contribution in [0.3, 0.4) is 0 Å². The number of halogens is 8. The van der Waals surface area contributed by atoms with Gasteiger partial charge in [-0.05, 0) is 124 Å². The second-order valence-corrected chi connectivity index (χ2v) is 30.4. The van der Waals surface area contributed by atoms with E-state index in [1.54, 1.807) is 46.8 Å². The Hall–Kier alpha value is -8.78. The number of hydrogen-bond acceptors (Lipinski definition) is 13. The zero-order chi connectivity index (χ0) is 81.2. The number of fused-ring (bicyclic) bond motifs is 3. The lowest BCUT2D eigenvalue weighted by Gasteiger charge is -2.51. The summed E-state index contributed by atoms with van der Waals surface area (Å²) in [6.45, 7) is 6.54. The van der Waals surface area contributed by atoms with E-state index in [-0.39, 0.29) is 69.7 Å². The second-order valence-electron chi connectivity index (χ2n) is 30.4. The van der Waals surface area contributed by atoms with Crippen LogP contribution in [-0.2, 0) is 87.5 Å². The fraction of sp³-hybridized carbons (Fsp3) is 0.658. The van der Waals surface area contributed by atoms with E-state index in [1.165, 1.54) is 71.1 Å². The minimum atomic E-state index is -5.46. The molecule has 2 aliphatic carbocycles. The Morgan fingerprint density at radius 3 is 1.83 bits per heavy atom. The highest BCUT2D eigenvalue weighted by atomic mass is 19.4. The average molecular weight is 1550 g/mol. The van der Waals surface area contributed by atoms with Crippen molar-refractivity contribution in [1.29, 1.82) is 0 Å². The molecule has 3 heterocycles. The Balaban J connectivity index is 1.36. The topological polar surface area (TPSA) is 271 Å². The molecule has 12 amide bonds. The number of ether oxygens (including phenoxy) is 1. The van der Waals surface area contributed by atoms with Crippen LogP contribution in [0.1, 0.15) is 147 Å². The van der Waals surface area contributed by atoms with Gasteiger partial charge in [-0.1, -0.05) is 71.2 Å². The Morgan fingerprint density at radius 1 is 0.661 bits per heavy atom. The quantitative estimate of drug-likeness (QED) is 0.170. The van der Waals surface area contributed by atoms with Crippen LogP contribution >= 0.6 is 0 Å². The van der Waals surface area contributed by atoms with Gasteiger partial charge in [-0.15, -0.1) is 0 Å². The van der Waals surface area contributed by atoms with E-state index >= 15 is 37.5 Å². The van der Waals surface area contributed by atoms with Gasteiger partial charge in [0.05, 0.1) is 31.2 Å². The van der Waals surface area contributed by atoms with E-state index in [0.29, 0.717) is 50.7 Å². The van der Waals surface area contributed by atoms with Gasteiger partial charge in [-0.2, -0.15) is 26.3 Å². The Labute approximate surface area is 631 Å². The maximum atomic E-state index is 15.7. The van der Waals surface area contributed by atoms with E-state index in [4.69, 9.17) is 4.74 Å². The van der Waals surface area contributed by atoms with Gasteiger partial charge in [-0.25, -0.2) is 8.78 Å². The van der Waals surface area contributed by atoms with Gasteiger partial charge in [0.25, 0.3) is 0 Å². The van der Waals surface area contributed by atoms with Crippen LogP contribution in [0.4, 0.5) is 35.1 Å². The largest absolute Gasteiger partial charge is 0.422 e. The molecule has 33 heteroatoms. The molecular formula is C76H106F8N12O13. The summed E-state index contributed by atoms with van der Waals surface area (Å²) in [6, 6.07) is -7.29. The number of hydrogen-bond donors (Lipinski definition) is 2. The third-order valence-electron chi connectivity index (χ3n) is 22.3. The minimum Gasteiger partial charge on any atom is -0.377 e. The zero-order valence-corrected chi connectivity index (χ0v) is 64.7. The summed E-state index contributed by atoms with van der Waals surface area (Å²) in [4.78, 5) is 193. The molecule has 0 radical (unpaired) electrons. The van der Waals surface area contributed by atoms with Gasteiger partial charge in [0.15, 0.2) is 0 Å². The van der Waals surface area contributed by atoms with E-state index in [9.17, 15) is 55.1 Å². The Kier molecular flexibility index (Phi) is 29.5. The van der Waals surface area contributed by atoms with Gasteiger partial charge in [0.2, 0.25) is 70.9 Å². The van der Waals surface area contributed by atoms with E-state index in [0.717, 1.165) is 65.6 Å². The lowest BCUT2D eigenvalue weighted by atomic mass is 9.73. The minimum absolute atomic E-state index is 0.0399. The maximum absolute atomic E-state index is 15.7. The standard InChI is InChI=1S/C76H106F8N12O13/c1-15-45(5)63-71(106)89(9)43-61(99)90(10)54-25-18-17-21-34-95(70(54)105)57(38-46-26-29-49(30-27-46)75(79,80)81)68(103)88(8)42-59(97)85-53(31-28-47-36-51(77)62(52(78)37-47)76(82,83)84)66(101)96-41-50(109-16-2)39-58(96)69(104)94(14)74(32-22-33-74)73(108)93(13)64(48-23-19-20-24-48)72(107)92(12)56(67(102)87(6)7)40-60(98)91(11)55(35-44(3)4)65(100)86-63/h17-18,26-27,29-30,36-37,44-45,48,50,53-58,63-64H,15-16,19-25,28,31-35,38-43H2,1-14H3,(H,85,97)(H,86,100)/b18-17-/t45-,50+,53-,54-,55-,56-,57-,58-,63-,64-/m0/s1. The number of carbonyl (C=O) groups excluding carboxylic acids is 12. The Morgan fingerprint density at radius 2 is 1.28 bits per heavy atom. The molecule has 604 valence electrons. The average Bonchev–Trinajstić information content (AvgIpc) is 1.69. The summed E-state index contributed by atoms with van der Waals surface area (Å²) in [5, 5.41) is 5.39. The number of alkyl halides is 6. The number of nitrogens with one attached hydrogen (secondary N) is 2. The second kappa shape index (κ2) is 36.8. The number of nitrogens with zero attached hydrogens (tertiary/aromatic N) is 10. The molecule has 2 saturated carbocycles. The fourth-order valence-electron chi connectivity index (χ4n) is 15.4. The molecule has 1 spiro atoms. The molecule has 10 atom stereocenters. The zero-order valence-electron chi connectivity index (χ0n) is 64.7. The molecule has 4 fully saturated rings. The summed E-state index contributed by atoms with van der Waals surface area (Å²) in [6.07, 6.45) is -7.36. The first kappa shape index (κ1) is 87.4. The van der Waals surface area contributed by atoms with Crippen molar-refractivity contribution < 1.29 is 97.4 Å². The van der Waals surface area contributed by atoms with Crippen molar-refractivity contribution in [2.75, 3.05) is 96.2 Å². The van der Waals surface area contributed by atoms with Gasteiger partial charge in [-0.3, -0.25) is 57.5 Å². The highest BCUT2D eigenvalue weighted by Crippen LogP contribution is 2.43. The first-order valence-corrected chi connectivity index (χ1v) is 37.2. The summed E-state index contributed by atoms with van der Waals surface area (Å²) in [5.41, 5.74) is -5.20. The molecule has 7 rings (SSSR count). The van der Waals surface area contributed by atoms with E-state index in [1.807, 2.05) is 0 Å². The van der Waals surface area contributed by atoms with Gasteiger partial charge >= 0.3 is 12.4 Å². The maximum Gasteiger partial charge on any atom is 0.422 e. The molecular weight excluding hydrogens is 1440 g/mol. The Bertz CT molecular complexity index is 3680. The van der Waals surface area contributed by atoms with Gasteiger partial charge in [0.1, 0.15) is 71.1 Å². The van der Waals surface area contributed by atoms with Crippen LogP contribution in [0.15, 0.2) is 48.6 Å². The molecule has 2 aromatic rings. The van der Waals surface area contributed by atoms with Crippen molar-refractivity contribution in [3.8, 4) is 0 Å². The lowest BCUT2D eigenvalue weighted by molar-refractivity contribution is -0.166. The third kappa shape index (κ3) is 20.4. The summed E-state index contributed by atoms with van der Waals surface area (Å²) >= 11 is 0. The number of carbonyl (C=O) groups is 12. The van der Waals surface area contributed by atoms with Crippen molar-refractivity contribution in [3.05, 3.63) is 82.4 Å². The number of amides is 12. The molecule has 2 saturated heterocycles. The van der Waals surface area contributed by atoms with Gasteiger partial charge in [0, 0.05) is 96.0 Å². The van der Waals surface area contributed by atoms with Crippen molar-refractivity contribution in [2.24, 2.45) is 17.8 Å². The summed E-state index contributed by atoms with van der Waals surface area (Å²) < 4.78 is 120. The highest BCUT2D eigenvalue weighted by Gasteiger charge is 2.57. The molecule has 109 heavy (non-hydrogen) atoms. The van der Waals surface area contributed by atoms with E-state index in [2.05, 4.69) is 10.6 Å². The van der Waals surface area contributed by atoms with Crippen LogP contribution in [-0.4, -0.2) is 276 Å². The molecule has 2 aromatic carbocycles. The first-order chi connectivity index (χ1) is 51.0. The molecule has 2 bridgehead atoms. The summed E-state index contributed by atoms with van der Waals surface area (Å²) in [7, 11) is 12.1. The highest BCUT2D eigenvalue weighted by molar-refractivity contribution is 6.01. The van der Waals surface area contributed by atoms with Crippen molar-refractivity contribution in [1.82, 2.24) is 59.6 Å². The van der Waals surface area contributed by atoms with Crippen molar-refractivity contribution in [3.63, 3.8) is 0 Å². The monoisotopic (exact) mass is 1550 g/mol. The number of likely N-dealkylation sites (N-methyl/N-ethyl adjacent to an activating group) is 8. The molecule has 0 aromatic heterocycles. The van der Waals surface area contributed by atoms with Crippen LogP contribution < -0.4 is 10.6 Å². The van der Waals surface area contributed by atoms with E-state index < -0.39 is 222 Å². The normalized spacial score (nSPS) is 26.1.